The Kier molecular flexibility index (Phi) is 8.51. The first-order valence-corrected chi connectivity index (χ1v) is 13.6. The van der Waals surface area contributed by atoms with Crippen molar-refractivity contribution in [2.75, 3.05) is 6.61 Å². The lowest BCUT2D eigenvalue weighted by Crippen LogP contribution is -2.38. The lowest BCUT2D eigenvalue weighted by Gasteiger charge is -2.31. The highest BCUT2D eigenvalue weighted by atomic mass is 19.4. The van der Waals surface area contributed by atoms with Gasteiger partial charge in [0, 0.05) is 25.1 Å². The number of pyridine rings is 2. The van der Waals surface area contributed by atoms with Crippen LogP contribution in [-0.2, 0) is 23.9 Å². The zero-order valence-corrected chi connectivity index (χ0v) is 23.5. The van der Waals surface area contributed by atoms with Crippen LogP contribution in [0.5, 0.6) is 5.75 Å². The molecule has 0 bridgehead atoms. The van der Waals surface area contributed by atoms with Crippen LogP contribution in [0.25, 0.3) is 16.7 Å². The summed E-state index contributed by atoms with van der Waals surface area (Å²) in [5, 5.41) is 0.308. The van der Waals surface area contributed by atoms with E-state index < -0.39 is 17.8 Å². The second-order valence-corrected chi connectivity index (χ2v) is 9.84. The number of alkyl halides is 3. The van der Waals surface area contributed by atoms with E-state index in [1.807, 2.05) is 13.0 Å². The Balaban J connectivity index is 1.59. The SMILES string of the molecule is CCOc1ccc(-n2c([C@@H](C)N(Cc3cccnc3)C(=O)Cc3ccc(C(F)(F)F)cc3)nc3ncccc3c2=O)cc1. The molecule has 43 heavy (non-hydrogen) atoms. The molecule has 1 amide bonds. The van der Waals surface area contributed by atoms with E-state index >= 15 is 0 Å². The third kappa shape index (κ3) is 6.56. The molecular formula is C32H28F3N5O3. The van der Waals surface area contributed by atoms with Gasteiger partial charge in [0.05, 0.1) is 35.7 Å². The molecule has 11 heteroatoms. The molecule has 0 aliphatic heterocycles. The van der Waals surface area contributed by atoms with Gasteiger partial charge >= 0.3 is 6.18 Å². The molecule has 0 N–H and O–H groups in total. The summed E-state index contributed by atoms with van der Waals surface area (Å²) in [6, 6.07) is 17.6. The van der Waals surface area contributed by atoms with Crippen molar-refractivity contribution in [2.24, 2.45) is 0 Å². The maximum Gasteiger partial charge on any atom is 0.416 e. The Labute approximate surface area is 245 Å². The van der Waals surface area contributed by atoms with E-state index in [0.717, 1.165) is 17.7 Å². The average Bonchev–Trinajstić information content (AvgIpc) is 3.00. The predicted octanol–water partition coefficient (Wildman–Crippen LogP) is 5.93. The first-order chi connectivity index (χ1) is 20.7. The van der Waals surface area contributed by atoms with Crippen molar-refractivity contribution in [2.45, 2.75) is 39.0 Å². The molecule has 0 aliphatic carbocycles. The molecule has 8 nitrogen and oxygen atoms in total. The molecule has 220 valence electrons. The molecule has 0 aliphatic rings. The van der Waals surface area contributed by atoms with Crippen LogP contribution in [0.15, 0.2) is 96.2 Å². The Morgan fingerprint density at radius 3 is 2.35 bits per heavy atom. The summed E-state index contributed by atoms with van der Waals surface area (Å²) < 4.78 is 46.3. The Morgan fingerprint density at radius 1 is 0.977 bits per heavy atom. The van der Waals surface area contributed by atoms with Crippen LogP contribution in [-0.4, -0.2) is 36.9 Å². The number of aromatic nitrogens is 4. The summed E-state index contributed by atoms with van der Waals surface area (Å²) in [5.74, 6) is 0.531. The van der Waals surface area contributed by atoms with Gasteiger partial charge in [-0.1, -0.05) is 18.2 Å². The van der Waals surface area contributed by atoms with Gasteiger partial charge in [-0.25, -0.2) is 9.97 Å². The number of nitrogens with zero attached hydrogens (tertiary/aromatic N) is 5. The number of halogens is 3. The van der Waals surface area contributed by atoms with Gasteiger partial charge in [-0.2, -0.15) is 13.2 Å². The van der Waals surface area contributed by atoms with Crippen LogP contribution < -0.4 is 10.3 Å². The fraction of sp³-hybridized carbons (Fsp3) is 0.219. The average molecular weight is 588 g/mol. The normalized spacial score (nSPS) is 12.2. The lowest BCUT2D eigenvalue weighted by molar-refractivity contribution is -0.137. The molecule has 5 rings (SSSR count). The topological polar surface area (TPSA) is 90.2 Å². The predicted molar refractivity (Wildman–Crippen MR) is 155 cm³/mol. The van der Waals surface area contributed by atoms with Crippen molar-refractivity contribution in [3.8, 4) is 11.4 Å². The van der Waals surface area contributed by atoms with Crippen molar-refractivity contribution in [1.82, 2.24) is 24.4 Å². The van der Waals surface area contributed by atoms with Crippen molar-refractivity contribution in [3.05, 3.63) is 124 Å². The molecular weight excluding hydrogens is 559 g/mol. The molecule has 0 radical (unpaired) electrons. The van der Waals surface area contributed by atoms with Gasteiger partial charge in [0.1, 0.15) is 11.6 Å². The Bertz CT molecular complexity index is 1770. The lowest BCUT2D eigenvalue weighted by atomic mass is 10.1. The smallest absolute Gasteiger partial charge is 0.416 e. The summed E-state index contributed by atoms with van der Waals surface area (Å²) >= 11 is 0. The van der Waals surface area contributed by atoms with Gasteiger partial charge in [0.2, 0.25) is 5.91 Å². The minimum Gasteiger partial charge on any atom is -0.494 e. The van der Waals surface area contributed by atoms with Crippen LogP contribution in [0.4, 0.5) is 13.2 Å². The van der Waals surface area contributed by atoms with Crippen LogP contribution in [0.3, 0.4) is 0 Å². The standard InChI is InChI=1S/C32H28F3N5O3/c1-3-43-26-14-12-25(13-15-26)40-30(38-29-27(31(40)42)7-5-17-37-29)21(2)39(20-23-6-4-16-36-19-23)28(41)18-22-8-10-24(11-9-22)32(33,34)35/h4-17,19,21H,3,18,20H2,1-2H3/t21-/m1/s1. The van der Waals surface area contributed by atoms with Gasteiger partial charge in [-0.3, -0.25) is 19.1 Å². The second kappa shape index (κ2) is 12.4. The van der Waals surface area contributed by atoms with Gasteiger partial charge in [0.15, 0.2) is 5.65 Å². The molecule has 0 spiro atoms. The van der Waals surface area contributed by atoms with E-state index in [0.29, 0.717) is 29.0 Å². The molecule has 0 saturated heterocycles. The summed E-state index contributed by atoms with van der Waals surface area (Å²) in [7, 11) is 0. The van der Waals surface area contributed by atoms with Crippen molar-refractivity contribution in [3.63, 3.8) is 0 Å². The Hall–Kier alpha value is -5.06. The first kappa shape index (κ1) is 29.4. The second-order valence-electron chi connectivity index (χ2n) is 9.84. The van der Waals surface area contributed by atoms with Gasteiger partial charge in [-0.15, -0.1) is 0 Å². The molecule has 1 atom stereocenters. The molecule has 5 aromatic rings. The number of carbonyl (C=O) groups is 1. The number of carbonyl (C=O) groups excluding carboxylic acids is 1. The minimum atomic E-state index is -4.48. The largest absolute Gasteiger partial charge is 0.494 e. The minimum absolute atomic E-state index is 0.119. The molecule has 0 saturated carbocycles. The van der Waals surface area contributed by atoms with E-state index in [1.165, 1.54) is 27.8 Å². The molecule has 0 fully saturated rings. The van der Waals surface area contributed by atoms with Crippen molar-refractivity contribution < 1.29 is 22.7 Å². The van der Waals surface area contributed by atoms with E-state index in [1.54, 1.807) is 61.8 Å². The molecule has 2 aromatic carbocycles. The maximum atomic E-state index is 13.9. The zero-order chi connectivity index (χ0) is 30.6. The fourth-order valence-corrected chi connectivity index (χ4v) is 4.78. The van der Waals surface area contributed by atoms with Crippen LogP contribution >= 0.6 is 0 Å². The van der Waals surface area contributed by atoms with Gasteiger partial charge in [0.25, 0.3) is 5.56 Å². The fourth-order valence-electron chi connectivity index (χ4n) is 4.78. The number of ether oxygens (including phenoxy) is 1. The van der Waals surface area contributed by atoms with Crippen molar-refractivity contribution >= 4 is 16.9 Å². The zero-order valence-electron chi connectivity index (χ0n) is 23.5. The third-order valence-corrected chi connectivity index (χ3v) is 6.95. The third-order valence-electron chi connectivity index (χ3n) is 6.95. The highest BCUT2D eigenvalue weighted by molar-refractivity contribution is 5.79. The summed E-state index contributed by atoms with van der Waals surface area (Å²) in [6.45, 7) is 4.22. The molecule has 3 aromatic heterocycles. The van der Waals surface area contributed by atoms with E-state index in [9.17, 15) is 22.8 Å². The van der Waals surface area contributed by atoms with E-state index in [2.05, 4.69) is 9.97 Å². The number of benzene rings is 2. The van der Waals surface area contributed by atoms with E-state index in [4.69, 9.17) is 9.72 Å². The van der Waals surface area contributed by atoms with Crippen LogP contribution in [0.2, 0.25) is 0 Å². The number of rotatable bonds is 9. The summed E-state index contributed by atoms with van der Waals surface area (Å²) in [5.41, 5.74) is 0.734. The van der Waals surface area contributed by atoms with E-state index in [-0.39, 0.29) is 35.9 Å². The Morgan fingerprint density at radius 2 is 1.70 bits per heavy atom. The first-order valence-electron chi connectivity index (χ1n) is 13.6. The number of hydrogen-bond acceptors (Lipinski definition) is 6. The van der Waals surface area contributed by atoms with Gasteiger partial charge in [-0.05, 0) is 79.6 Å². The van der Waals surface area contributed by atoms with Crippen molar-refractivity contribution in [1.29, 1.82) is 0 Å². The molecule has 3 heterocycles. The number of hydrogen-bond donors (Lipinski definition) is 0. The maximum absolute atomic E-state index is 13.9. The summed E-state index contributed by atoms with van der Waals surface area (Å²) in [6.07, 6.45) is 0.126. The van der Waals surface area contributed by atoms with Crippen LogP contribution in [0.1, 0.15) is 42.4 Å². The highest BCUT2D eigenvalue weighted by Crippen LogP contribution is 2.30. The number of amides is 1. The molecule has 0 unspecified atom stereocenters. The van der Waals surface area contributed by atoms with Gasteiger partial charge < -0.3 is 9.64 Å². The van der Waals surface area contributed by atoms with Crippen LogP contribution in [0, 0.1) is 0 Å². The monoisotopic (exact) mass is 587 g/mol. The summed E-state index contributed by atoms with van der Waals surface area (Å²) in [4.78, 5) is 42.5. The quantitative estimate of drug-likeness (QED) is 0.213. The highest BCUT2D eigenvalue weighted by Gasteiger charge is 2.31. The number of fused-ring (bicyclic) bond motifs is 1.